The Morgan fingerprint density at radius 1 is 0.913 bits per heavy atom. The van der Waals surface area contributed by atoms with Gasteiger partial charge in [0, 0.05) is 23.7 Å². The first-order valence-electron chi connectivity index (χ1n) is 8.03. The second-order valence-electron chi connectivity index (χ2n) is 5.82. The lowest BCUT2D eigenvalue weighted by molar-refractivity contribution is 0.215. The molecule has 1 aliphatic rings. The summed E-state index contributed by atoms with van der Waals surface area (Å²) in [7, 11) is 2.15. The van der Waals surface area contributed by atoms with Crippen LogP contribution in [-0.4, -0.2) is 38.3 Å². The molecule has 0 amide bonds. The van der Waals surface area contributed by atoms with Crippen molar-refractivity contribution in [3.05, 3.63) is 58.6 Å². The number of nitrogens with zero attached hydrogens (tertiary/aromatic N) is 1. The van der Waals surface area contributed by atoms with Gasteiger partial charge in [-0.05, 0) is 49.7 Å². The molecule has 0 fully saturated rings. The second-order valence-corrected chi connectivity index (χ2v) is 6.22. The van der Waals surface area contributed by atoms with E-state index in [2.05, 4.69) is 11.9 Å². The largest absolute Gasteiger partial charge is 0.490 e. The third-order valence-electron chi connectivity index (χ3n) is 4.17. The standard InChI is InChI=1S/C19H22ClNO2/c1-21-11-9-16-17(10-12-21)19(8-7-18(16)20)23-14-13-22-15-5-3-2-4-6-15/h2-8H,9-14H2,1H3. The van der Waals surface area contributed by atoms with Crippen LogP contribution in [0.3, 0.4) is 0 Å². The summed E-state index contributed by atoms with van der Waals surface area (Å²) < 4.78 is 11.6. The van der Waals surface area contributed by atoms with Crippen molar-refractivity contribution in [3.63, 3.8) is 0 Å². The Balaban J connectivity index is 1.62. The predicted molar refractivity (Wildman–Crippen MR) is 93.8 cm³/mol. The maximum atomic E-state index is 6.38. The van der Waals surface area contributed by atoms with Crippen molar-refractivity contribution in [1.29, 1.82) is 0 Å². The maximum absolute atomic E-state index is 6.38. The zero-order chi connectivity index (χ0) is 16.1. The molecule has 0 N–H and O–H groups in total. The molecule has 0 unspecified atom stereocenters. The molecule has 2 aromatic carbocycles. The monoisotopic (exact) mass is 331 g/mol. The van der Waals surface area contributed by atoms with Crippen LogP contribution in [0, 0.1) is 0 Å². The van der Waals surface area contributed by atoms with E-state index < -0.39 is 0 Å². The number of para-hydroxylation sites is 1. The van der Waals surface area contributed by atoms with Crippen molar-refractivity contribution in [1.82, 2.24) is 4.90 Å². The molecule has 0 bridgehead atoms. The van der Waals surface area contributed by atoms with E-state index in [1.165, 1.54) is 11.1 Å². The van der Waals surface area contributed by atoms with Crippen molar-refractivity contribution in [2.24, 2.45) is 0 Å². The highest BCUT2D eigenvalue weighted by Crippen LogP contribution is 2.31. The minimum absolute atomic E-state index is 0.527. The van der Waals surface area contributed by atoms with Gasteiger partial charge < -0.3 is 14.4 Å². The zero-order valence-corrected chi connectivity index (χ0v) is 14.2. The van der Waals surface area contributed by atoms with Crippen molar-refractivity contribution < 1.29 is 9.47 Å². The summed E-state index contributed by atoms with van der Waals surface area (Å²) >= 11 is 6.38. The van der Waals surface area contributed by atoms with Gasteiger partial charge in [-0.15, -0.1) is 0 Å². The van der Waals surface area contributed by atoms with E-state index in [4.69, 9.17) is 21.1 Å². The molecule has 0 saturated heterocycles. The topological polar surface area (TPSA) is 21.7 Å². The Bertz CT molecular complexity index is 645. The van der Waals surface area contributed by atoms with Gasteiger partial charge in [-0.2, -0.15) is 0 Å². The average Bonchev–Trinajstić information content (AvgIpc) is 2.77. The molecule has 1 aliphatic heterocycles. The summed E-state index contributed by atoms with van der Waals surface area (Å²) in [6, 6.07) is 13.7. The molecule has 0 radical (unpaired) electrons. The number of halogens is 1. The number of rotatable bonds is 5. The van der Waals surface area contributed by atoms with Crippen molar-refractivity contribution in [2.45, 2.75) is 12.8 Å². The first-order chi connectivity index (χ1) is 11.2. The molecule has 122 valence electrons. The molecule has 1 heterocycles. The number of likely N-dealkylation sites (N-methyl/N-ethyl adjacent to an activating group) is 1. The van der Waals surface area contributed by atoms with Crippen LogP contribution in [-0.2, 0) is 12.8 Å². The Morgan fingerprint density at radius 2 is 1.61 bits per heavy atom. The van der Waals surface area contributed by atoms with Crippen LogP contribution in [0.4, 0.5) is 0 Å². The number of benzene rings is 2. The zero-order valence-electron chi connectivity index (χ0n) is 13.4. The number of fused-ring (bicyclic) bond motifs is 1. The Labute approximate surface area is 142 Å². The van der Waals surface area contributed by atoms with E-state index >= 15 is 0 Å². The highest BCUT2D eigenvalue weighted by atomic mass is 35.5. The third kappa shape index (κ3) is 4.18. The molecular formula is C19H22ClNO2. The number of hydrogen-bond acceptors (Lipinski definition) is 3. The lowest BCUT2D eigenvalue weighted by Crippen LogP contribution is -2.20. The molecule has 0 spiro atoms. The van der Waals surface area contributed by atoms with Gasteiger partial charge in [-0.25, -0.2) is 0 Å². The summed E-state index contributed by atoms with van der Waals surface area (Å²) in [6.07, 6.45) is 1.95. The molecule has 2 aromatic rings. The maximum Gasteiger partial charge on any atom is 0.123 e. The lowest BCUT2D eigenvalue weighted by Gasteiger charge is -2.15. The van der Waals surface area contributed by atoms with E-state index in [1.54, 1.807) is 0 Å². The lowest BCUT2D eigenvalue weighted by atomic mass is 10.0. The SMILES string of the molecule is CN1CCc2c(Cl)ccc(OCCOc3ccccc3)c2CC1. The molecular weight excluding hydrogens is 310 g/mol. The van der Waals surface area contributed by atoms with E-state index in [1.807, 2.05) is 42.5 Å². The van der Waals surface area contributed by atoms with Gasteiger partial charge in [0.05, 0.1) is 0 Å². The third-order valence-corrected chi connectivity index (χ3v) is 4.53. The van der Waals surface area contributed by atoms with Gasteiger partial charge in [0.25, 0.3) is 0 Å². The molecule has 3 nitrogen and oxygen atoms in total. The van der Waals surface area contributed by atoms with Gasteiger partial charge in [-0.3, -0.25) is 0 Å². The summed E-state index contributed by atoms with van der Waals surface area (Å²) in [5.41, 5.74) is 2.49. The van der Waals surface area contributed by atoms with E-state index in [0.717, 1.165) is 42.5 Å². The minimum Gasteiger partial charge on any atom is -0.490 e. The van der Waals surface area contributed by atoms with Crippen LogP contribution in [0.15, 0.2) is 42.5 Å². The smallest absolute Gasteiger partial charge is 0.123 e. The fraction of sp³-hybridized carbons (Fsp3) is 0.368. The van der Waals surface area contributed by atoms with Crippen molar-refractivity contribution in [2.75, 3.05) is 33.4 Å². The molecule has 0 atom stereocenters. The van der Waals surface area contributed by atoms with E-state index in [-0.39, 0.29) is 0 Å². The fourth-order valence-corrected chi connectivity index (χ4v) is 3.14. The molecule has 0 aromatic heterocycles. The average molecular weight is 332 g/mol. The highest BCUT2D eigenvalue weighted by Gasteiger charge is 2.18. The molecule has 3 rings (SSSR count). The van der Waals surface area contributed by atoms with E-state index in [9.17, 15) is 0 Å². The summed E-state index contributed by atoms with van der Waals surface area (Å²) in [5.74, 6) is 1.81. The van der Waals surface area contributed by atoms with Crippen LogP contribution in [0.2, 0.25) is 5.02 Å². The Morgan fingerprint density at radius 3 is 2.39 bits per heavy atom. The first kappa shape index (κ1) is 16.2. The van der Waals surface area contributed by atoms with Gasteiger partial charge in [0.2, 0.25) is 0 Å². The normalized spacial score (nSPS) is 14.9. The van der Waals surface area contributed by atoms with Crippen LogP contribution < -0.4 is 9.47 Å². The summed E-state index contributed by atoms with van der Waals surface area (Å²) in [5, 5.41) is 0.850. The predicted octanol–water partition coefficient (Wildman–Crippen LogP) is 3.83. The summed E-state index contributed by atoms with van der Waals surface area (Å²) in [4.78, 5) is 2.33. The van der Waals surface area contributed by atoms with Gasteiger partial charge in [-0.1, -0.05) is 29.8 Å². The molecule has 4 heteroatoms. The van der Waals surface area contributed by atoms with E-state index in [0.29, 0.717) is 13.2 Å². The molecule has 0 saturated carbocycles. The number of ether oxygens (including phenoxy) is 2. The second kappa shape index (κ2) is 7.71. The molecule has 0 aliphatic carbocycles. The minimum atomic E-state index is 0.527. The number of hydrogen-bond donors (Lipinski definition) is 0. The van der Waals surface area contributed by atoms with Gasteiger partial charge >= 0.3 is 0 Å². The van der Waals surface area contributed by atoms with Crippen LogP contribution in [0.5, 0.6) is 11.5 Å². The Kier molecular flexibility index (Phi) is 5.42. The van der Waals surface area contributed by atoms with Gasteiger partial charge in [0.15, 0.2) is 0 Å². The quantitative estimate of drug-likeness (QED) is 0.777. The highest BCUT2D eigenvalue weighted by molar-refractivity contribution is 6.31. The van der Waals surface area contributed by atoms with Gasteiger partial charge in [0.1, 0.15) is 24.7 Å². The fourth-order valence-electron chi connectivity index (χ4n) is 2.87. The van der Waals surface area contributed by atoms with Crippen LogP contribution in [0.25, 0.3) is 0 Å². The Hall–Kier alpha value is -1.71. The molecule has 23 heavy (non-hydrogen) atoms. The first-order valence-corrected chi connectivity index (χ1v) is 8.41. The van der Waals surface area contributed by atoms with Crippen molar-refractivity contribution >= 4 is 11.6 Å². The van der Waals surface area contributed by atoms with Crippen molar-refractivity contribution in [3.8, 4) is 11.5 Å². The summed E-state index contributed by atoms with van der Waals surface area (Å²) in [6.45, 7) is 3.12. The van der Waals surface area contributed by atoms with Crippen LogP contribution >= 0.6 is 11.6 Å². The van der Waals surface area contributed by atoms with Crippen LogP contribution in [0.1, 0.15) is 11.1 Å².